The number of nitrogens with one attached hydrogen (secondary N) is 1. The third kappa shape index (κ3) is 5.29. The van der Waals surface area contributed by atoms with Crippen LogP contribution >= 0.6 is 22.6 Å². The first kappa shape index (κ1) is 26.6. The molecule has 2 aromatic heterocycles. The van der Waals surface area contributed by atoms with Crippen LogP contribution in [0.25, 0.3) is 22.3 Å². The number of alkyl halides is 3. The highest BCUT2D eigenvalue weighted by Gasteiger charge is 2.45. The van der Waals surface area contributed by atoms with Gasteiger partial charge in [-0.05, 0) is 45.0 Å². The van der Waals surface area contributed by atoms with Crippen molar-refractivity contribution >= 4 is 49.4 Å². The lowest BCUT2D eigenvalue weighted by Gasteiger charge is -2.38. The number of aromatic nitrogens is 3. The number of carbonyl (C=O) groups excluding carboxylic acids is 1. The van der Waals surface area contributed by atoms with Gasteiger partial charge >= 0.3 is 6.61 Å². The maximum atomic E-state index is 14.8. The van der Waals surface area contributed by atoms with E-state index in [0.717, 1.165) is 18.2 Å². The fourth-order valence-electron chi connectivity index (χ4n) is 4.01. The molecule has 1 aromatic carbocycles. The molecule has 0 saturated carbocycles. The molecule has 9 nitrogen and oxygen atoms in total. The Labute approximate surface area is 218 Å². The average Bonchev–Trinajstić information content (AvgIpc) is 3.10. The summed E-state index contributed by atoms with van der Waals surface area (Å²) in [4.78, 5) is 17.2. The van der Waals surface area contributed by atoms with Gasteiger partial charge in [0.05, 0.1) is 33.7 Å². The molecule has 194 valence electrons. The minimum absolute atomic E-state index is 0.00265. The molecule has 1 amide bonds. The molecule has 14 heteroatoms. The highest BCUT2D eigenvalue weighted by atomic mass is 127. The van der Waals surface area contributed by atoms with Gasteiger partial charge in [-0.3, -0.25) is 9.78 Å². The second-order valence-corrected chi connectivity index (χ2v) is 12.7. The van der Waals surface area contributed by atoms with Crippen molar-refractivity contribution in [2.45, 2.75) is 42.6 Å². The van der Waals surface area contributed by atoms with Crippen LogP contribution in [-0.2, 0) is 9.84 Å². The number of ether oxygens (including phenoxy) is 1. The number of aliphatic hydroxyl groups is 1. The Morgan fingerprint density at radius 3 is 2.56 bits per heavy atom. The monoisotopic (exact) mass is 638 g/mol. The Morgan fingerprint density at radius 2 is 1.97 bits per heavy atom. The van der Waals surface area contributed by atoms with E-state index in [0.29, 0.717) is 0 Å². The Bertz CT molecular complexity index is 1440. The van der Waals surface area contributed by atoms with Gasteiger partial charge in [-0.1, -0.05) is 22.6 Å². The second kappa shape index (κ2) is 9.13. The van der Waals surface area contributed by atoms with Gasteiger partial charge < -0.3 is 15.2 Å². The van der Waals surface area contributed by atoms with E-state index in [1.54, 1.807) is 6.92 Å². The van der Waals surface area contributed by atoms with Gasteiger partial charge in [0, 0.05) is 11.8 Å². The quantitative estimate of drug-likeness (QED) is 0.300. The lowest BCUT2D eigenvalue weighted by molar-refractivity contribution is -0.0498. The fourth-order valence-corrected chi connectivity index (χ4v) is 6.43. The number of fused-ring (bicyclic) bond motifs is 1. The van der Waals surface area contributed by atoms with Crippen molar-refractivity contribution in [3.05, 3.63) is 41.8 Å². The summed E-state index contributed by atoms with van der Waals surface area (Å²) in [5.41, 5.74) is -1.86. The van der Waals surface area contributed by atoms with Gasteiger partial charge in [-0.25, -0.2) is 17.5 Å². The van der Waals surface area contributed by atoms with Crippen molar-refractivity contribution in [3.63, 3.8) is 0 Å². The molecule has 0 unspecified atom stereocenters. The Morgan fingerprint density at radius 1 is 1.31 bits per heavy atom. The van der Waals surface area contributed by atoms with E-state index < -0.39 is 43.4 Å². The number of sulfone groups is 1. The number of carbonyl (C=O) groups is 1. The minimum Gasteiger partial charge on any atom is -0.435 e. The molecule has 0 aliphatic carbocycles. The normalized spacial score (nSPS) is 17.6. The number of hydrogen-bond acceptors (Lipinski definition) is 7. The van der Waals surface area contributed by atoms with Crippen LogP contribution in [0.2, 0.25) is 0 Å². The first-order valence-electron chi connectivity index (χ1n) is 10.6. The predicted molar refractivity (Wildman–Crippen MR) is 133 cm³/mol. The molecule has 3 heterocycles. The first-order valence-corrected chi connectivity index (χ1v) is 13.7. The summed E-state index contributed by atoms with van der Waals surface area (Å²) in [6.45, 7) is 1.58. The van der Waals surface area contributed by atoms with E-state index in [-0.39, 0.29) is 45.1 Å². The van der Waals surface area contributed by atoms with Gasteiger partial charge in [0.2, 0.25) is 0 Å². The molecule has 0 spiro atoms. The predicted octanol–water partition coefficient (Wildman–Crippen LogP) is 3.46. The molecular weight excluding hydrogens is 616 g/mol. The number of rotatable bonds is 7. The Hall–Kier alpha value is -2.46. The lowest BCUT2D eigenvalue weighted by Crippen LogP contribution is -2.63. The van der Waals surface area contributed by atoms with Gasteiger partial charge in [-0.15, -0.1) is 0 Å². The summed E-state index contributed by atoms with van der Waals surface area (Å²) in [5.74, 6) is -1.98. The molecule has 36 heavy (non-hydrogen) atoms. The lowest BCUT2D eigenvalue weighted by atomic mass is 10.1. The van der Waals surface area contributed by atoms with Gasteiger partial charge in [-0.2, -0.15) is 13.9 Å². The van der Waals surface area contributed by atoms with Crippen molar-refractivity contribution in [1.82, 2.24) is 20.1 Å². The maximum absolute atomic E-state index is 14.8. The van der Waals surface area contributed by atoms with E-state index in [9.17, 15) is 31.5 Å². The largest absolute Gasteiger partial charge is 0.435 e. The van der Waals surface area contributed by atoms with Crippen LogP contribution in [0.5, 0.6) is 5.75 Å². The number of halogens is 4. The van der Waals surface area contributed by atoms with Crippen LogP contribution < -0.4 is 10.1 Å². The smallest absolute Gasteiger partial charge is 0.387 e. The molecule has 1 saturated heterocycles. The van der Waals surface area contributed by atoms with E-state index in [2.05, 4.69) is 20.1 Å². The van der Waals surface area contributed by atoms with Crippen molar-refractivity contribution in [1.29, 1.82) is 0 Å². The number of amides is 1. The van der Waals surface area contributed by atoms with E-state index in [4.69, 9.17) is 0 Å². The molecule has 1 aliphatic heterocycles. The number of hydrogen-bond donors (Lipinski definition) is 2. The number of pyridine rings is 1. The van der Waals surface area contributed by atoms with Crippen LogP contribution in [0.1, 0.15) is 35.2 Å². The second-order valence-electron chi connectivity index (χ2n) is 9.44. The van der Waals surface area contributed by atoms with Crippen LogP contribution in [0.15, 0.2) is 30.5 Å². The molecule has 1 aliphatic rings. The van der Waals surface area contributed by atoms with Crippen molar-refractivity contribution < 1.29 is 36.2 Å². The van der Waals surface area contributed by atoms with Gasteiger partial charge in [0.25, 0.3) is 5.91 Å². The SMILES string of the molecule is CC1(NC(=O)c2cnc3c(-c4cc(OC(F)F)ccc4F)nn([C@@H](I)C(C)(C)O)c3c2)CS(=O)(=O)C1. The number of nitrogens with zero attached hydrogens (tertiary/aromatic N) is 3. The van der Waals surface area contributed by atoms with Crippen molar-refractivity contribution in [2.75, 3.05) is 11.5 Å². The zero-order valence-corrected chi connectivity index (χ0v) is 22.3. The molecule has 0 radical (unpaired) electrons. The third-order valence-electron chi connectivity index (χ3n) is 5.52. The van der Waals surface area contributed by atoms with Gasteiger partial charge in [0.15, 0.2) is 9.84 Å². The summed E-state index contributed by atoms with van der Waals surface area (Å²) in [6, 6.07) is 4.53. The minimum atomic E-state index is -3.19. The Balaban J connectivity index is 1.82. The third-order valence-corrected chi connectivity index (χ3v) is 9.72. The van der Waals surface area contributed by atoms with Crippen LogP contribution in [-0.4, -0.2) is 63.5 Å². The van der Waals surface area contributed by atoms with Gasteiger partial charge in [0.1, 0.15) is 26.8 Å². The zero-order chi connectivity index (χ0) is 26.6. The molecule has 1 fully saturated rings. The zero-order valence-electron chi connectivity index (χ0n) is 19.3. The standard InChI is InChI=1S/C22H22F3IN4O5S/c1-21(2,32)19(26)30-15-6-11(18(31)28-22(3)9-36(33,34)10-22)8-27-17(15)16(29-30)13-7-12(35-20(24)25)4-5-14(13)23/h4-8,19-20,32H,9-10H2,1-3H3,(H,28,31)/t19-/m1/s1. The molecular formula is C22H22F3IN4O5S. The summed E-state index contributed by atoms with van der Waals surface area (Å²) in [7, 11) is -3.19. The maximum Gasteiger partial charge on any atom is 0.387 e. The number of benzene rings is 1. The summed E-state index contributed by atoms with van der Waals surface area (Å²) in [6.07, 6.45) is 1.23. The molecule has 3 aromatic rings. The van der Waals surface area contributed by atoms with Crippen LogP contribution in [0.3, 0.4) is 0 Å². The molecule has 1 atom stereocenters. The molecule has 2 N–H and O–H groups in total. The molecule has 4 rings (SSSR count). The summed E-state index contributed by atoms with van der Waals surface area (Å²) >= 11 is 1.93. The highest BCUT2D eigenvalue weighted by Crippen LogP contribution is 2.37. The highest BCUT2D eigenvalue weighted by molar-refractivity contribution is 14.1. The molecule has 0 bridgehead atoms. The fraction of sp³-hybridized carbons (Fsp3) is 0.409. The van der Waals surface area contributed by atoms with E-state index in [1.807, 2.05) is 22.6 Å². The van der Waals surface area contributed by atoms with Crippen molar-refractivity contribution in [3.8, 4) is 17.0 Å². The van der Waals surface area contributed by atoms with Crippen molar-refractivity contribution in [2.24, 2.45) is 0 Å². The van der Waals surface area contributed by atoms with E-state index in [1.165, 1.54) is 30.8 Å². The summed E-state index contributed by atoms with van der Waals surface area (Å²) in [5, 5.41) is 17.7. The topological polar surface area (TPSA) is 123 Å². The average molecular weight is 638 g/mol. The van der Waals surface area contributed by atoms with E-state index >= 15 is 0 Å². The van der Waals surface area contributed by atoms with Crippen LogP contribution in [0, 0.1) is 5.82 Å². The van der Waals surface area contributed by atoms with Crippen LogP contribution in [0.4, 0.5) is 13.2 Å². The first-order chi connectivity index (χ1) is 16.6. The summed E-state index contributed by atoms with van der Waals surface area (Å²) < 4.78 is 68.4. The Kier molecular flexibility index (Phi) is 6.75.